The third-order valence-electron chi connectivity index (χ3n) is 6.15. The van der Waals surface area contributed by atoms with Gasteiger partial charge >= 0.3 is 6.18 Å². The highest BCUT2D eigenvalue weighted by molar-refractivity contribution is 5.94. The van der Waals surface area contributed by atoms with Crippen LogP contribution in [0.25, 0.3) is 0 Å². The summed E-state index contributed by atoms with van der Waals surface area (Å²) in [7, 11) is 1.95. The standard InChI is InChI=1S/C23H28F3N5O2/c1-15(2)29(3)20-18-14-31(21(32)16-5-4-6-17(13-16)23(24,25)26)8-7-19(18)27-22(28-20)30-9-11-33-12-10-30/h4-6,13,15H,7-12,14H2,1-3H3. The molecule has 0 saturated carbocycles. The van der Waals surface area contributed by atoms with Crippen LogP contribution >= 0.6 is 0 Å². The Morgan fingerprint density at radius 2 is 1.88 bits per heavy atom. The summed E-state index contributed by atoms with van der Waals surface area (Å²) >= 11 is 0. The van der Waals surface area contributed by atoms with E-state index in [1.54, 1.807) is 4.90 Å². The molecule has 1 amide bonds. The monoisotopic (exact) mass is 463 g/mol. The van der Waals surface area contributed by atoms with E-state index in [1.807, 2.05) is 11.9 Å². The summed E-state index contributed by atoms with van der Waals surface area (Å²) in [6.45, 7) is 7.40. The van der Waals surface area contributed by atoms with Crippen LogP contribution in [0.3, 0.4) is 0 Å². The highest BCUT2D eigenvalue weighted by atomic mass is 19.4. The fourth-order valence-electron chi connectivity index (χ4n) is 4.01. The topological polar surface area (TPSA) is 61.8 Å². The lowest BCUT2D eigenvalue weighted by Crippen LogP contribution is -2.41. The SMILES string of the molecule is CC(C)N(C)c1nc(N2CCOCC2)nc2c1CN(C(=O)c1cccc(C(F)(F)F)c1)CC2. The van der Waals surface area contributed by atoms with Gasteiger partial charge in [-0.25, -0.2) is 4.98 Å². The summed E-state index contributed by atoms with van der Waals surface area (Å²) in [5.74, 6) is 0.970. The third kappa shape index (κ3) is 4.90. The molecule has 1 fully saturated rings. The van der Waals surface area contributed by atoms with E-state index in [9.17, 15) is 18.0 Å². The summed E-state index contributed by atoms with van der Waals surface area (Å²) < 4.78 is 44.8. The zero-order chi connectivity index (χ0) is 23.8. The fraction of sp³-hybridized carbons (Fsp3) is 0.522. The average molecular weight is 464 g/mol. The Morgan fingerprint density at radius 1 is 1.15 bits per heavy atom. The van der Waals surface area contributed by atoms with Crippen molar-refractivity contribution >= 4 is 17.7 Å². The molecule has 0 atom stereocenters. The van der Waals surface area contributed by atoms with E-state index in [2.05, 4.69) is 18.7 Å². The van der Waals surface area contributed by atoms with E-state index < -0.39 is 17.6 Å². The van der Waals surface area contributed by atoms with Gasteiger partial charge in [-0.2, -0.15) is 18.2 Å². The molecule has 1 aromatic carbocycles. The molecule has 2 aliphatic heterocycles. The van der Waals surface area contributed by atoms with Crippen molar-refractivity contribution in [1.29, 1.82) is 0 Å². The van der Waals surface area contributed by atoms with Crippen LogP contribution in [-0.4, -0.2) is 66.7 Å². The normalized spacial score (nSPS) is 16.7. The predicted octanol–water partition coefficient (Wildman–Crippen LogP) is 3.38. The summed E-state index contributed by atoms with van der Waals surface area (Å²) in [5, 5.41) is 0. The number of hydrogen-bond acceptors (Lipinski definition) is 6. The first kappa shape index (κ1) is 23.3. The number of aromatic nitrogens is 2. The van der Waals surface area contributed by atoms with Crippen molar-refractivity contribution < 1.29 is 22.7 Å². The number of nitrogens with zero attached hydrogens (tertiary/aromatic N) is 5. The second kappa shape index (κ2) is 9.17. The molecule has 1 aromatic heterocycles. The molecule has 0 N–H and O–H groups in total. The molecule has 178 valence electrons. The van der Waals surface area contributed by atoms with E-state index in [-0.39, 0.29) is 18.2 Å². The Hall–Kier alpha value is -2.88. The van der Waals surface area contributed by atoms with Gasteiger partial charge in [0.25, 0.3) is 5.91 Å². The van der Waals surface area contributed by atoms with Crippen LogP contribution in [-0.2, 0) is 23.9 Å². The second-order valence-corrected chi connectivity index (χ2v) is 8.63. The van der Waals surface area contributed by atoms with Crippen molar-refractivity contribution in [3.63, 3.8) is 0 Å². The Bertz CT molecular complexity index is 1020. The maximum Gasteiger partial charge on any atom is 0.416 e. The van der Waals surface area contributed by atoms with E-state index in [1.165, 1.54) is 12.1 Å². The lowest BCUT2D eigenvalue weighted by molar-refractivity contribution is -0.137. The van der Waals surface area contributed by atoms with Crippen LogP contribution in [0.1, 0.15) is 41.0 Å². The van der Waals surface area contributed by atoms with Crippen LogP contribution in [0.2, 0.25) is 0 Å². The number of alkyl halides is 3. The van der Waals surface area contributed by atoms with Crippen LogP contribution in [0, 0.1) is 0 Å². The first-order chi connectivity index (χ1) is 15.6. The molecule has 2 aliphatic rings. The predicted molar refractivity (Wildman–Crippen MR) is 118 cm³/mol. The maximum atomic E-state index is 13.1. The number of rotatable bonds is 4. The number of anilines is 2. The number of benzene rings is 1. The number of hydrogen-bond donors (Lipinski definition) is 0. The highest BCUT2D eigenvalue weighted by Crippen LogP contribution is 2.32. The third-order valence-corrected chi connectivity index (χ3v) is 6.15. The van der Waals surface area contributed by atoms with Crippen molar-refractivity contribution in [2.24, 2.45) is 0 Å². The van der Waals surface area contributed by atoms with Crippen LogP contribution in [0.5, 0.6) is 0 Å². The van der Waals surface area contributed by atoms with Gasteiger partial charge in [0.15, 0.2) is 0 Å². The maximum absolute atomic E-state index is 13.1. The Kier molecular flexibility index (Phi) is 6.47. The molecule has 10 heteroatoms. The summed E-state index contributed by atoms with van der Waals surface area (Å²) in [6.07, 6.45) is -3.99. The molecule has 0 unspecified atom stereocenters. The number of halogens is 3. The van der Waals surface area contributed by atoms with Crippen molar-refractivity contribution in [2.75, 3.05) is 49.7 Å². The molecular formula is C23H28F3N5O2. The Balaban J connectivity index is 1.65. The summed E-state index contributed by atoms with van der Waals surface area (Å²) in [5.41, 5.74) is 0.916. The summed E-state index contributed by atoms with van der Waals surface area (Å²) in [6, 6.07) is 4.74. The highest BCUT2D eigenvalue weighted by Gasteiger charge is 2.33. The van der Waals surface area contributed by atoms with Crippen LogP contribution in [0.15, 0.2) is 24.3 Å². The molecule has 0 aliphatic carbocycles. The minimum absolute atomic E-state index is 0.0258. The van der Waals surface area contributed by atoms with Gasteiger partial charge in [-0.15, -0.1) is 0 Å². The molecule has 0 radical (unpaired) electrons. The van der Waals surface area contributed by atoms with Gasteiger partial charge in [0, 0.05) is 50.3 Å². The minimum Gasteiger partial charge on any atom is -0.378 e. The van der Waals surface area contributed by atoms with Gasteiger partial charge < -0.3 is 19.4 Å². The molecule has 7 nitrogen and oxygen atoms in total. The molecule has 0 spiro atoms. The quantitative estimate of drug-likeness (QED) is 0.693. The smallest absolute Gasteiger partial charge is 0.378 e. The van der Waals surface area contributed by atoms with Gasteiger partial charge in [0.2, 0.25) is 5.95 Å². The van der Waals surface area contributed by atoms with Crippen molar-refractivity contribution in [1.82, 2.24) is 14.9 Å². The number of amides is 1. The van der Waals surface area contributed by atoms with E-state index in [4.69, 9.17) is 14.7 Å². The number of fused-ring (bicyclic) bond motifs is 1. The largest absolute Gasteiger partial charge is 0.416 e. The first-order valence-electron chi connectivity index (χ1n) is 11.1. The average Bonchev–Trinajstić information content (AvgIpc) is 2.82. The van der Waals surface area contributed by atoms with Crippen LogP contribution in [0.4, 0.5) is 24.9 Å². The first-order valence-corrected chi connectivity index (χ1v) is 11.1. The number of morpholine rings is 1. The summed E-state index contributed by atoms with van der Waals surface area (Å²) in [4.78, 5) is 28.5. The van der Waals surface area contributed by atoms with E-state index in [0.717, 1.165) is 29.2 Å². The van der Waals surface area contributed by atoms with Gasteiger partial charge in [-0.3, -0.25) is 4.79 Å². The van der Waals surface area contributed by atoms with Crippen molar-refractivity contribution in [3.8, 4) is 0 Å². The van der Waals surface area contributed by atoms with Gasteiger partial charge in [0.1, 0.15) is 5.82 Å². The Morgan fingerprint density at radius 3 is 2.55 bits per heavy atom. The van der Waals surface area contributed by atoms with Gasteiger partial charge in [-0.05, 0) is 32.0 Å². The van der Waals surface area contributed by atoms with Gasteiger partial charge in [-0.1, -0.05) is 6.07 Å². The molecule has 0 bridgehead atoms. The zero-order valence-corrected chi connectivity index (χ0v) is 19.0. The second-order valence-electron chi connectivity index (χ2n) is 8.63. The van der Waals surface area contributed by atoms with Crippen LogP contribution < -0.4 is 9.80 Å². The molecular weight excluding hydrogens is 435 g/mol. The molecule has 2 aromatic rings. The zero-order valence-electron chi connectivity index (χ0n) is 19.0. The minimum atomic E-state index is -4.50. The number of ether oxygens (including phenoxy) is 1. The molecule has 33 heavy (non-hydrogen) atoms. The van der Waals surface area contributed by atoms with E-state index in [0.29, 0.717) is 45.2 Å². The van der Waals surface area contributed by atoms with Crippen molar-refractivity contribution in [2.45, 2.75) is 39.0 Å². The molecule has 4 rings (SSSR count). The Labute approximate surface area is 191 Å². The van der Waals surface area contributed by atoms with E-state index >= 15 is 0 Å². The number of carbonyl (C=O) groups is 1. The molecule has 3 heterocycles. The number of carbonyl (C=O) groups excluding carboxylic acids is 1. The molecule has 1 saturated heterocycles. The van der Waals surface area contributed by atoms with Gasteiger partial charge in [0.05, 0.1) is 31.0 Å². The lowest BCUT2D eigenvalue weighted by Gasteiger charge is -2.35. The van der Waals surface area contributed by atoms with Crippen molar-refractivity contribution in [3.05, 3.63) is 46.6 Å². The lowest BCUT2D eigenvalue weighted by atomic mass is 10.0. The fourth-order valence-corrected chi connectivity index (χ4v) is 4.01.